The first-order valence-corrected chi connectivity index (χ1v) is 9.04. The second-order valence-corrected chi connectivity index (χ2v) is 6.40. The summed E-state index contributed by atoms with van der Waals surface area (Å²) in [6.07, 6.45) is 2.47. The lowest BCUT2D eigenvalue weighted by Crippen LogP contribution is -2.37. The van der Waals surface area contributed by atoms with Crippen LogP contribution in [0, 0.1) is 0 Å². The highest BCUT2D eigenvalue weighted by molar-refractivity contribution is 5.91. The van der Waals surface area contributed by atoms with Crippen molar-refractivity contribution >= 4 is 16.7 Å². The summed E-state index contributed by atoms with van der Waals surface area (Å²) in [6, 6.07) is 18.5. The minimum Gasteiger partial charge on any atom is -0.378 e. The lowest BCUT2D eigenvalue weighted by molar-refractivity contribution is 0.0459. The summed E-state index contributed by atoms with van der Waals surface area (Å²) < 4.78 is 5.79. The van der Waals surface area contributed by atoms with E-state index in [9.17, 15) is 0 Å². The molecule has 4 nitrogen and oxygen atoms in total. The summed E-state index contributed by atoms with van der Waals surface area (Å²) in [5, 5.41) is 1.12. The van der Waals surface area contributed by atoms with Crippen LogP contribution in [-0.2, 0) is 4.74 Å². The summed E-state index contributed by atoms with van der Waals surface area (Å²) in [6.45, 7) is 4.80. The van der Waals surface area contributed by atoms with Crippen molar-refractivity contribution in [1.82, 2.24) is 9.97 Å². The molecule has 0 radical (unpaired) electrons. The minimum atomic E-state index is 0.378. The molecule has 0 amide bonds. The van der Waals surface area contributed by atoms with Crippen molar-refractivity contribution in [3.05, 3.63) is 54.6 Å². The average molecular weight is 333 g/mol. The Morgan fingerprint density at radius 3 is 2.44 bits per heavy atom. The van der Waals surface area contributed by atoms with Gasteiger partial charge in [0.25, 0.3) is 0 Å². The molecule has 25 heavy (non-hydrogen) atoms. The van der Waals surface area contributed by atoms with E-state index in [2.05, 4.69) is 42.2 Å². The molecule has 0 unspecified atom stereocenters. The van der Waals surface area contributed by atoms with Crippen LogP contribution in [-0.4, -0.2) is 35.8 Å². The third-order valence-electron chi connectivity index (χ3n) is 4.76. The maximum absolute atomic E-state index is 5.79. The molecule has 0 bridgehead atoms. The number of rotatable bonds is 4. The van der Waals surface area contributed by atoms with Crippen molar-refractivity contribution in [3.8, 4) is 11.4 Å². The van der Waals surface area contributed by atoms with Gasteiger partial charge in [-0.15, -0.1) is 0 Å². The molecule has 1 fully saturated rings. The number of hydrogen-bond donors (Lipinski definition) is 0. The quantitative estimate of drug-likeness (QED) is 0.713. The van der Waals surface area contributed by atoms with Crippen LogP contribution in [0.1, 0.15) is 19.8 Å². The second-order valence-electron chi connectivity index (χ2n) is 6.40. The zero-order valence-electron chi connectivity index (χ0n) is 14.6. The number of anilines is 1. The van der Waals surface area contributed by atoms with Crippen LogP contribution in [0.25, 0.3) is 22.3 Å². The fraction of sp³-hybridized carbons (Fsp3) is 0.333. The van der Waals surface area contributed by atoms with E-state index in [0.29, 0.717) is 6.10 Å². The van der Waals surface area contributed by atoms with Crippen LogP contribution < -0.4 is 4.90 Å². The standard InChI is InChI=1S/C21H23N3O/c1-2-25-17-12-14-24(15-13-17)21-18-10-6-7-11-19(18)22-20(23-21)16-8-4-3-5-9-16/h3-11,17H,2,12-15H2,1H3. The number of hydrogen-bond acceptors (Lipinski definition) is 4. The van der Waals surface area contributed by atoms with Crippen molar-refractivity contribution in [2.24, 2.45) is 0 Å². The maximum Gasteiger partial charge on any atom is 0.162 e. The van der Waals surface area contributed by atoms with Gasteiger partial charge in [-0.25, -0.2) is 9.97 Å². The molecule has 1 aromatic heterocycles. The van der Waals surface area contributed by atoms with E-state index in [1.165, 1.54) is 0 Å². The predicted octanol–water partition coefficient (Wildman–Crippen LogP) is 4.30. The number of para-hydroxylation sites is 1. The van der Waals surface area contributed by atoms with Gasteiger partial charge in [-0.3, -0.25) is 0 Å². The number of benzene rings is 2. The van der Waals surface area contributed by atoms with E-state index in [1.807, 2.05) is 24.3 Å². The summed E-state index contributed by atoms with van der Waals surface area (Å²) in [5.41, 5.74) is 2.05. The molecule has 0 aliphatic carbocycles. The number of aromatic nitrogens is 2. The molecule has 128 valence electrons. The first-order chi connectivity index (χ1) is 12.3. The summed E-state index contributed by atoms with van der Waals surface area (Å²) in [5.74, 6) is 1.83. The molecule has 0 spiro atoms. The van der Waals surface area contributed by atoms with E-state index in [0.717, 1.165) is 60.6 Å². The molecular weight excluding hydrogens is 310 g/mol. The fourth-order valence-corrected chi connectivity index (χ4v) is 3.49. The van der Waals surface area contributed by atoms with Gasteiger partial charge >= 0.3 is 0 Å². The van der Waals surface area contributed by atoms with Gasteiger partial charge in [0.2, 0.25) is 0 Å². The van der Waals surface area contributed by atoms with Gasteiger partial charge in [0.05, 0.1) is 11.6 Å². The first-order valence-electron chi connectivity index (χ1n) is 9.04. The van der Waals surface area contributed by atoms with E-state index in [-0.39, 0.29) is 0 Å². The fourth-order valence-electron chi connectivity index (χ4n) is 3.49. The van der Waals surface area contributed by atoms with Gasteiger partial charge in [0.1, 0.15) is 5.82 Å². The van der Waals surface area contributed by atoms with E-state index >= 15 is 0 Å². The molecule has 3 aromatic rings. The Morgan fingerprint density at radius 2 is 1.68 bits per heavy atom. The Labute approximate surface area is 148 Å². The van der Waals surface area contributed by atoms with Gasteiger partial charge in [-0.2, -0.15) is 0 Å². The Morgan fingerprint density at radius 1 is 0.960 bits per heavy atom. The number of fused-ring (bicyclic) bond motifs is 1. The van der Waals surface area contributed by atoms with Crippen molar-refractivity contribution < 1.29 is 4.74 Å². The molecular formula is C21H23N3O. The molecule has 0 N–H and O–H groups in total. The number of nitrogens with zero attached hydrogens (tertiary/aromatic N) is 3. The zero-order valence-corrected chi connectivity index (χ0v) is 14.6. The molecule has 2 heterocycles. The molecule has 0 atom stereocenters. The Kier molecular flexibility index (Phi) is 4.61. The second kappa shape index (κ2) is 7.19. The van der Waals surface area contributed by atoms with Gasteiger partial charge in [0.15, 0.2) is 5.82 Å². The topological polar surface area (TPSA) is 38.2 Å². The lowest BCUT2D eigenvalue weighted by atomic mass is 10.1. The monoisotopic (exact) mass is 333 g/mol. The third kappa shape index (κ3) is 3.35. The summed E-state index contributed by atoms with van der Waals surface area (Å²) >= 11 is 0. The van der Waals surface area contributed by atoms with Crippen LogP contribution in [0.5, 0.6) is 0 Å². The Bertz CT molecular complexity index is 842. The first kappa shape index (κ1) is 16.0. The van der Waals surface area contributed by atoms with Gasteiger partial charge in [-0.1, -0.05) is 42.5 Å². The molecule has 4 rings (SSSR count). The Balaban J connectivity index is 1.72. The van der Waals surface area contributed by atoms with Crippen molar-refractivity contribution in [3.63, 3.8) is 0 Å². The van der Waals surface area contributed by atoms with Crippen molar-refractivity contribution in [1.29, 1.82) is 0 Å². The minimum absolute atomic E-state index is 0.378. The normalized spacial score (nSPS) is 15.6. The van der Waals surface area contributed by atoms with Crippen LogP contribution in [0.2, 0.25) is 0 Å². The highest BCUT2D eigenvalue weighted by Crippen LogP contribution is 2.29. The predicted molar refractivity (Wildman–Crippen MR) is 102 cm³/mol. The molecule has 2 aromatic carbocycles. The summed E-state index contributed by atoms with van der Waals surface area (Å²) in [4.78, 5) is 12.1. The van der Waals surface area contributed by atoms with Crippen LogP contribution >= 0.6 is 0 Å². The van der Waals surface area contributed by atoms with E-state index in [1.54, 1.807) is 0 Å². The lowest BCUT2D eigenvalue weighted by Gasteiger charge is -2.33. The van der Waals surface area contributed by atoms with Gasteiger partial charge in [0, 0.05) is 30.6 Å². The summed E-state index contributed by atoms with van der Waals surface area (Å²) in [7, 11) is 0. The Hall–Kier alpha value is -2.46. The maximum atomic E-state index is 5.79. The molecule has 1 saturated heterocycles. The van der Waals surface area contributed by atoms with Crippen molar-refractivity contribution in [2.75, 3.05) is 24.6 Å². The molecule has 4 heteroatoms. The highest BCUT2D eigenvalue weighted by Gasteiger charge is 2.22. The SMILES string of the molecule is CCOC1CCN(c2nc(-c3ccccc3)nc3ccccc23)CC1. The van der Waals surface area contributed by atoms with Gasteiger partial charge < -0.3 is 9.64 Å². The van der Waals surface area contributed by atoms with Crippen molar-refractivity contribution in [2.45, 2.75) is 25.9 Å². The van der Waals surface area contributed by atoms with E-state index < -0.39 is 0 Å². The third-order valence-corrected chi connectivity index (χ3v) is 4.76. The molecule has 1 aliphatic heterocycles. The molecule has 1 aliphatic rings. The smallest absolute Gasteiger partial charge is 0.162 e. The van der Waals surface area contributed by atoms with Crippen LogP contribution in [0.15, 0.2) is 54.6 Å². The zero-order chi connectivity index (χ0) is 17.1. The van der Waals surface area contributed by atoms with Crippen LogP contribution in [0.3, 0.4) is 0 Å². The average Bonchev–Trinajstić information content (AvgIpc) is 2.69. The number of piperidine rings is 1. The van der Waals surface area contributed by atoms with Gasteiger partial charge in [-0.05, 0) is 31.9 Å². The molecule has 0 saturated carbocycles. The van der Waals surface area contributed by atoms with Crippen LogP contribution in [0.4, 0.5) is 5.82 Å². The largest absolute Gasteiger partial charge is 0.378 e. The highest BCUT2D eigenvalue weighted by atomic mass is 16.5. The number of ether oxygens (including phenoxy) is 1. The van der Waals surface area contributed by atoms with E-state index in [4.69, 9.17) is 14.7 Å².